The predicted molar refractivity (Wildman–Crippen MR) is 59.8 cm³/mol. The number of carboxylic acids is 1. The SMILES string of the molecule is O=C(O)Cc1ccc(-c2c[c]cnc2)cc1. The van der Waals surface area contributed by atoms with Crippen LogP contribution in [0.1, 0.15) is 5.56 Å². The lowest BCUT2D eigenvalue weighted by atomic mass is 10.0. The Bertz CT molecular complexity index is 477. The van der Waals surface area contributed by atoms with Crippen molar-refractivity contribution in [2.45, 2.75) is 6.42 Å². The molecule has 1 aromatic carbocycles. The van der Waals surface area contributed by atoms with Gasteiger partial charge in [0.15, 0.2) is 0 Å². The number of hydrogen-bond acceptors (Lipinski definition) is 2. The molecular weight excluding hydrogens is 202 g/mol. The van der Waals surface area contributed by atoms with E-state index in [9.17, 15) is 4.79 Å². The molecule has 0 amide bonds. The summed E-state index contributed by atoms with van der Waals surface area (Å²) in [6, 6.07) is 12.2. The smallest absolute Gasteiger partial charge is 0.307 e. The fourth-order valence-corrected chi connectivity index (χ4v) is 1.47. The predicted octanol–water partition coefficient (Wildman–Crippen LogP) is 2.18. The zero-order chi connectivity index (χ0) is 11.4. The van der Waals surface area contributed by atoms with E-state index in [0.29, 0.717) is 0 Å². The average molecular weight is 212 g/mol. The summed E-state index contributed by atoms with van der Waals surface area (Å²) >= 11 is 0. The van der Waals surface area contributed by atoms with Crippen LogP contribution in [-0.2, 0) is 11.2 Å². The molecule has 0 bridgehead atoms. The fourth-order valence-electron chi connectivity index (χ4n) is 1.47. The van der Waals surface area contributed by atoms with Crippen molar-refractivity contribution in [3.8, 4) is 11.1 Å². The maximum Gasteiger partial charge on any atom is 0.307 e. The summed E-state index contributed by atoms with van der Waals surface area (Å²) in [6.07, 6.45) is 3.41. The van der Waals surface area contributed by atoms with Crippen LogP contribution >= 0.6 is 0 Å². The Kier molecular flexibility index (Phi) is 2.96. The summed E-state index contributed by atoms with van der Waals surface area (Å²) in [7, 11) is 0. The lowest BCUT2D eigenvalue weighted by Crippen LogP contribution is -1.99. The molecule has 79 valence electrons. The van der Waals surface area contributed by atoms with E-state index in [1.54, 1.807) is 12.4 Å². The minimum absolute atomic E-state index is 0.0550. The number of aliphatic carboxylic acids is 1. The largest absolute Gasteiger partial charge is 0.481 e. The molecule has 1 N–H and O–H groups in total. The molecule has 2 aromatic rings. The Hall–Kier alpha value is -2.16. The highest BCUT2D eigenvalue weighted by molar-refractivity contribution is 5.71. The van der Waals surface area contributed by atoms with Gasteiger partial charge in [0.2, 0.25) is 0 Å². The average Bonchev–Trinajstić information content (AvgIpc) is 2.30. The highest BCUT2D eigenvalue weighted by Crippen LogP contribution is 2.18. The van der Waals surface area contributed by atoms with E-state index in [1.807, 2.05) is 30.3 Å². The van der Waals surface area contributed by atoms with Crippen molar-refractivity contribution in [3.05, 3.63) is 54.4 Å². The topological polar surface area (TPSA) is 50.2 Å². The van der Waals surface area contributed by atoms with Crippen LogP contribution in [0.15, 0.2) is 42.7 Å². The Morgan fingerprint density at radius 2 is 2.00 bits per heavy atom. The molecule has 2 rings (SSSR count). The molecule has 0 fully saturated rings. The van der Waals surface area contributed by atoms with E-state index in [1.165, 1.54) is 0 Å². The summed E-state index contributed by atoms with van der Waals surface area (Å²) < 4.78 is 0. The first kappa shape index (κ1) is 10.4. The molecule has 1 aromatic heterocycles. The standard InChI is InChI=1S/C13H10NO2/c15-13(16)8-10-3-5-11(6-4-10)12-2-1-7-14-9-12/h2-7,9H,8H2,(H,15,16). The molecule has 0 saturated heterocycles. The van der Waals surface area contributed by atoms with Crippen molar-refractivity contribution < 1.29 is 9.90 Å². The molecule has 3 heteroatoms. The molecule has 16 heavy (non-hydrogen) atoms. The van der Waals surface area contributed by atoms with Gasteiger partial charge in [-0.3, -0.25) is 9.78 Å². The van der Waals surface area contributed by atoms with Gasteiger partial charge in [-0.05, 0) is 17.2 Å². The summed E-state index contributed by atoms with van der Waals surface area (Å²) in [5, 5.41) is 8.64. The zero-order valence-electron chi connectivity index (χ0n) is 8.55. The Labute approximate surface area is 93.4 Å². The second-order valence-corrected chi connectivity index (χ2v) is 3.44. The van der Waals surface area contributed by atoms with E-state index >= 15 is 0 Å². The van der Waals surface area contributed by atoms with Gasteiger partial charge in [-0.2, -0.15) is 0 Å². The van der Waals surface area contributed by atoms with E-state index in [2.05, 4.69) is 11.1 Å². The molecule has 0 aliphatic rings. The molecule has 0 aliphatic carbocycles. The first-order valence-corrected chi connectivity index (χ1v) is 4.88. The van der Waals surface area contributed by atoms with Crippen molar-refractivity contribution in [2.24, 2.45) is 0 Å². The van der Waals surface area contributed by atoms with Gasteiger partial charge in [-0.25, -0.2) is 0 Å². The quantitative estimate of drug-likeness (QED) is 0.848. The van der Waals surface area contributed by atoms with Crippen molar-refractivity contribution in [1.29, 1.82) is 0 Å². The van der Waals surface area contributed by atoms with Gasteiger partial charge in [0.25, 0.3) is 0 Å². The molecule has 1 radical (unpaired) electrons. The second-order valence-electron chi connectivity index (χ2n) is 3.44. The summed E-state index contributed by atoms with van der Waals surface area (Å²) in [5.41, 5.74) is 2.78. The third-order valence-corrected chi connectivity index (χ3v) is 2.24. The summed E-state index contributed by atoms with van der Waals surface area (Å²) in [5.74, 6) is -0.817. The van der Waals surface area contributed by atoms with Crippen LogP contribution in [0.4, 0.5) is 0 Å². The zero-order valence-corrected chi connectivity index (χ0v) is 8.55. The summed E-state index contributed by atoms with van der Waals surface area (Å²) in [6.45, 7) is 0. The van der Waals surface area contributed by atoms with Crippen LogP contribution in [0.2, 0.25) is 0 Å². The molecule has 0 atom stereocenters. The van der Waals surface area contributed by atoms with Crippen molar-refractivity contribution in [1.82, 2.24) is 4.98 Å². The first-order valence-electron chi connectivity index (χ1n) is 4.88. The second kappa shape index (κ2) is 4.57. The van der Waals surface area contributed by atoms with E-state index in [-0.39, 0.29) is 6.42 Å². The van der Waals surface area contributed by atoms with E-state index in [4.69, 9.17) is 5.11 Å². The lowest BCUT2D eigenvalue weighted by molar-refractivity contribution is -0.136. The third-order valence-electron chi connectivity index (χ3n) is 2.24. The van der Waals surface area contributed by atoms with Gasteiger partial charge in [0.1, 0.15) is 0 Å². The maximum atomic E-state index is 10.5. The molecule has 0 unspecified atom stereocenters. The van der Waals surface area contributed by atoms with Gasteiger partial charge >= 0.3 is 5.97 Å². The third kappa shape index (κ3) is 2.45. The molecule has 0 spiro atoms. The van der Waals surface area contributed by atoms with Gasteiger partial charge in [0, 0.05) is 24.0 Å². The van der Waals surface area contributed by atoms with E-state index < -0.39 is 5.97 Å². The molecule has 3 nitrogen and oxygen atoms in total. The maximum absolute atomic E-state index is 10.5. The number of nitrogens with zero attached hydrogens (tertiary/aromatic N) is 1. The fraction of sp³-hybridized carbons (Fsp3) is 0.0769. The van der Waals surface area contributed by atoms with Crippen LogP contribution in [0.25, 0.3) is 11.1 Å². The normalized spacial score (nSPS) is 10.0. The highest BCUT2D eigenvalue weighted by atomic mass is 16.4. The number of hydrogen-bond donors (Lipinski definition) is 1. The number of carbonyl (C=O) groups is 1. The Morgan fingerprint density at radius 1 is 1.25 bits per heavy atom. The highest BCUT2D eigenvalue weighted by Gasteiger charge is 2.01. The van der Waals surface area contributed by atoms with Crippen LogP contribution < -0.4 is 0 Å². The lowest BCUT2D eigenvalue weighted by Gasteiger charge is -2.02. The van der Waals surface area contributed by atoms with Gasteiger partial charge < -0.3 is 5.11 Å². The first-order chi connectivity index (χ1) is 7.75. The van der Waals surface area contributed by atoms with Crippen LogP contribution in [-0.4, -0.2) is 16.1 Å². The van der Waals surface area contributed by atoms with Crippen molar-refractivity contribution in [3.63, 3.8) is 0 Å². The number of carboxylic acid groups (broad SMARTS) is 1. The Balaban J connectivity index is 2.23. The molecule has 0 saturated carbocycles. The van der Waals surface area contributed by atoms with Crippen LogP contribution in [0, 0.1) is 6.07 Å². The number of aromatic nitrogens is 1. The van der Waals surface area contributed by atoms with Crippen LogP contribution in [0.5, 0.6) is 0 Å². The molecular formula is C13H10NO2. The minimum Gasteiger partial charge on any atom is -0.481 e. The van der Waals surface area contributed by atoms with E-state index in [0.717, 1.165) is 16.7 Å². The van der Waals surface area contributed by atoms with Crippen molar-refractivity contribution in [2.75, 3.05) is 0 Å². The number of benzene rings is 1. The van der Waals surface area contributed by atoms with Gasteiger partial charge in [-0.1, -0.05) is 24.3 Å². The van der Waals surface area contributed by atoms with Gasteiger partial charge in [0.05, 0.1) is 6.42 Å². The van der Waals surface area contributed by atoms with Gasteiger partial charge in [-0.15, -0.1) is 0 Å². The number of rotatable bonds is 3. The molecule has 1 heterocycles. The van der Waals surface area contributed by atoms with Crippen LogP contribution in [0.3, 0.4) is 0 Å². The molecule has 0 aliphatic heterocycles. The van der Waals surface area contributed by atoms with Crippen molar-refractivity contribution >= 4 is 5.97 Å². The number of pyridine rings is 1. The monoisotopic (exact) mass is 212 g/mol. The Morgan fingerprint density at radius 3 is 2.56 bits per heavy atom. The summed E-state index contributed by atoms with van der Waals surface area (Å²) in [4.78, 5) is 14.5. The minimum atomic E-state index is -0.817.